The van der Waals surface area contributed by atoms with Gasteiger partial charge in [-0.2, -0.15) is 0 Å². The fourth-order valence-corrected chi connectivity index (χ4v) is 5.74. The van der Waals surface area contributed by atoms with Crippen molar-refractivity contribution < 1.29 is 4.79 Å². The van der Waals surface area contributed by atoms with Gasteiger partial charge in [0.15, 0.2) is 5.17 Å². The van der Waals surface area contributed by atoms with E-state index in [-0.39, 0.29) is 5.91 Å². The first-order valence-corrected chi connectivity index (χ1v) is 11.5. The summed E-state index contributed by atoms with van der Waals surface area (Å²) in [5, 5.41) is 1.78. The van der Waals surface area contributed by atoms with Crippen LogP contribution in [-0.2, 0) is 4.79 Å². The molecule has 2 aliphatic heterocycles. The van der Waals surface area contributed by atoms with Crippen molar-refractivity contribution in [3.05, 3.63) is 63.5 Å². The summed E-state index contributed by atoms with van der Waals surface area (Å²) in [7, 11) is 2.03. The molecule has 2 heterocycles. The average Bonchev–Trinajstić information content (AvgIpc) is 3.20. The average molecular weight is 424 g/mol. The number of amidine groups is 1. The molecule has 6 heteroatoms. The number of hydrogen-bond acceptors (Lipinski definition) is 5. The van der Waals surface area contributed by atoms with Gasteiger partial charge in [-0.05, 0) is 61.4 Å². The number of fused-ring (bicyclic) bond motifs is 1. The first-order valence-electron chi connectivity index (χ1n) is 9.90. The third kappa shape index (κ3) is 3.83. The first-order chi connectivity index (χ1) is 14.0. The molecule has 0 saturated carbocycles. The van der Waals surface area contributed by atoms with Gasteiger partial charge in [-0.1, -0.05) is 49.4 Å². The highest BCUT2D eigenvalue weighted by molar-refractivity contribution is 8.19. The molecule has 4 nitrogen and oxygen atoms in total. The number of para-hydroxylation sites is 1. The topological polar surface area (TPSA) is 35.9 Å². The van der Waals surface area contributed by atoms with E-state index >= 15 is 0 Å². The number of unbranched alkanes of at least 4 members (excludes halogenated alkanes) is 1. The summed E-state index contributed by atoms with van der Waals surface area (Å²) in [4.78, 5) is 24.2. The highest BCUT2D eigenvalue weighted by Crippen LogP contribution is 2.50. The molecule has 0 atom stereocenters. The van der Waals surface area contributed by atoms with Crippen LogP contribution in [-0.4, -0.2) is 29.6 Å². The number of aliphatic imine (C=N–C) groups is 1. The van der Waals surface area contributed by atoms with E-state index in [0.717, 1.165) is 44.9 Å². The van der Waals surface area contributed by atoms with Crippen LogP contribution in [0.3, 0.4) is 0 Å². The van der Waals surface area contributed by atoms with Gasteiger partial charge in [0.25, 0.3) is 5.91 Å². The minimum atomic E-state index is 0.0645. The standard InChI is InChI=1S/C23H25N3OS2/c1-5-6-13-26-21(27)20(22-25(4)18-9-7-8-10-19(18)28-22)29-23(26)24-17-14-15(2)11-12-16(17)3/h7-12,14H,5-6,13H2,1-4H3/b22-20-,24-23?. The van der Waals surface area contributed by atoms with Gasteiger partial charge in [0.05, 0.1) is 16.4 Å². The Labute approximate surface area is 181 Å². The molecule has 2 aliphatic rings. The third-order valence-electron chi connectivity index (χ3n) is 5.11. The van der Waals surface area contributed by atoms with Crippen molar-refractivity contribution >= 4 is 46.0 Å². The number of anilines is 1. The van der Waals surface area contributed by atoms with Gasteiger partial charge < -0.3 is 4.90 Å². The van der Waals surface area contributed by atoms with E-state index in [9.17, 15) is 4.79 Å². The van der Waals surface area contributed by atoms with Crippen LogP contribution in [0.25, 0.3) is 0 Å². The predicted molar refractivity (Wildman–Crippen MR) is 125 cm³/mol. The third-order valence-corrected chi connectivity index (χ3v) is 7.54. The smallest absolute Gasteiger partial charge is 0.269 e. The van der Waals surface area contributed by atoms with Gasteiger partial charge in [-0.15, -0.1) is 0 Å². The Morgan fingerprint density at radius 1 is 1.07 bits per heavy atom. The quantitative estimate of drug-likeness (QED) is 0.559. The Morgan fingerprint density at radius 2 is 1.86 bits per heavy atom. The highest BCUT2D eigenvalue weighted by atomic mass is 32.2. The summed E-state index contributed by atoms with van der Waals surface area (Å²) in [5.74, 6) is 0.0645. The minimum Gasteiger partial charge on any atom is -0.337 e. The van der Waals surface area contributed by atoms with E-state index in [4.69, 9.17) is 4.99 Å². The number of rotatable bonds is 4. The molecule has 1 amide bonds. The maximum absolute atomic E-state index is 13.4. The number of hydrogen-bond donors (Lipinski definition) is 0. The lowest BCUT2D eigenvalue weighted by molar-refractivity contribution is -0.122. The molecule has 0 aliphatic carbocycles. The van der Waals surface area contributed by atoms with Crippen LogP contribution in [0.5, 0.6) is 0 Å². The summed E-state index contributed by atoms with van der Waals surface area (Å²) < 4.78 is 0. The van der Waals surface area contributed by atoms with Crippen molar-refractivity contribution in [3.63, 3.8) is 0 Å². The lowest BCUT2D eigenvalue weighted by Crippen LogP contribution is -2.30. The van der Waals surface area contributed by atoms with Gasteiger partial charge in [-0.25, -0.2) is 4.99 Å². The molecular formula is C23H25N3OS2. The van der Waals surface area contributed by atoms with E-state index in [1.54, 1.807) is 11.8 Å². The molecule has 150 valence electrons. The monoisotopic (exact) mass is 423 g/mol. The van der Waals surface area contributed by atoms with E-state index in [1.807, 2.05) is 24.1 Å². The normalized spacial score (nSPS) is 20.1. The van der Waals surface area contributed by atoms with Crippen LogP contribution < -0.4 is 4.90 Å². The van der Waals surface area contributed by atoms with E-state index in [0.29, 0.717) is 6.54 Å². The summed E-state index contributed by atoms with van der Waals surface area (Å²) >= 11 is 3.17. The molecule has 2 aromatic carbocycles. The summed E-state index contributed by atoms with van der Waals surface area (Å²) in [5.41, 5.74) is 4.37. The zero-order valence-corrected chi connectivity index (χ0v) is 18.9. The van der Waals surface area contributed by atoms with E-state index in [2.05, 4.69) is 56.0 Å². The Bertz CT molecular complexity index is 1030. The van der Waals surface area contributed by atoms with Crippen molar-refractivity contribution in [2.45, 2.75) is 38.5 Å². The van der Waals surface area contributed by atoms with Crippen molar-refractivity contribution in [2.24, 2.45) is 4.99 Å². The molecule has 29 heavy (non-hydrogen) atoms. The predicted octanol–water partition coefficient (Wildman–Crippen LogP) is 6.08. The van der Waals surface area contributed by atoms with Crippen molar-refractivity contribution in [2.75, 3.05) is 18.5 Å². The van der Waals surface area contributed by atoms with Gasteiger partial charge in [0.2, 0.25) is 0 Å². The van der Waals surface area contributed by atoms with Crippen LogP contribution in [0.2, 0.25) is 0 Å². The number of benzene rings is 2. The fraction of sp³-hybridized carbons (Fsp3) is 0.304. The molecule has 1 saturated heterocycles. The lowest BCUT2D eigenvalue weighted by atomic mass is 10.1. The SMILES string of the molecule is CCCCN1C(=O)/C(=C2/Sc3ccccc3N2C)SC1=Nc1cc(C)ccc1C. The van der Waals surface area contributed by atoms with Crippen LogP contribution in [0, 0.1) is 13.8 Å². The zero-order valence-electron chi connectivity index (χ0n) is 17.2. The molecule has 0 aromatic heterocycles. The number of nitrogens with zero attached hydrogens (tertiary/aromatic N) is 3. The largest absolute Gasteiger partial charge is 0.337 e. The van der Waals surface area contributed by atoms with Crippen molar-refractivity contribution in [1.82, 2.24) is 4.90 Å². The summed E-state index contributed by atoms with van der Waals surface area (Å²) in [6.07, 6.45) is 2.00. The molecule has 0 spiro atoms. The minimum absolute atomic E-state index is 0.0645. The van der Waals surface area contributed by atoms with Gasteiger partial charge in [-0.3, -0.25) is 9.69 Å². The van der Waals surface area contributed by atoms with Crippen LogP contribution in [0.1, 0.15) is 30.9 Å². The van der Waals surface area contributed by atoms with Crippen molar-refractivity contribution in [3.8, 4) is 0 Å². The second-order valence-corrected chi connectivity index (χ2v) is 9.37. The first kappa shape index (κ1) is 20.1. The highest BCUT2D eigenvalue weighted by Gasteiger charge is 2.38. The Morgan fingerprint density at radius 3 is 2.62 bits per heavy atom. The van der Waals surface area contributed by atoms with Gasteiger partial charge in [0.1, 0.15) is 4.91 Å². The maximum Gasteiger partial charge on any atom is 0.269 e. The summed E-state index contributed by atoms with van der Waals surface area (Å²) in [6.45, 7) is 6.98. The molecule has 2 aromatic rings. The fourth-order valence-electron chi connectivity index (χ4n) is 3.38. The number of amides is 1. The van der Waals surface area contributed by atoms with Gasteiger partial charge in [0, 0.05) is 18.5 Å². The van der Waals surface area contributed by atoms with E-state index in [1.165, 1.54) is 22.2 Å². The van der Waals surface area contributed by atoms with E-state index < -0.39 is 0 Å². The molecule has 1 fully saturated rings. The zero-order chi connectivity index (χ0) is 20.5. The Hall–Kier alpha value is -2.18. The molecule has 0 N–H and O–H groups in total. The number of carbonyl (C=O) groups is 1. The number of aryl methyl sites for hydroxylation is 2. The Kier molecular flexibility index (Phi) is 5.74. The van der Waals surface area contributed by atoms with Crippen LogP contribution >= 0.6 is 23.5 Å². The maximum atomic E-state index is 13.4. The second-order valence-electron chi connectivity index (χ2n) is 7.36. The molecule has 4 rings (SSSR count). The Balaban J connectivity index is 1.75. The van der Waals surface area contributed by atoms with Gasteiger partial charge >= 0.3 is 0 Å². The molecule has 0 bridgehead atoms. The molecule has 0 unspecified atom stereocenters. The van der Waals surface area contributed by atoms with Crippen LogP contribution in [0.15, 0.2) is 62.3 Å². The lowest BCUT2D eigenvalue weighted by Gasteiger charge is -2.16. The number of thioether (sulfide) groups is 2. The second kappa shape index (κ2) is 8.28. The number of carbonyl (C=O) groups excluding carboxylic acids is 1. The molecular weight excluding hydrogens is 398 g/mol. The van der Waals surface area contributed by atoms with Crippen molar-refractivity contribution in [1.29, 1.82) is 0 Å². The van der Waals surface area contributed by atoms with Crippen LogP contribution in [0.4, 0.5) is 11.4 Å². The summed E-state index contributed by atoms with van der Waals surface area (Å²) in [6, 6.07) is 14.5. The molecule has 0 radical (unpaired) electrons.